The summed E-state index contributed by atoms with van der Waals surface area (Å²) in [4.78, 5) is 5.51. The molecule has 2 atom stereocenters. The third kappa shape index (κ3) is 4.73. The zero-order valence-electron chi connectivity index (χ0n) is 21.9. The van der Waals surface area contributed by atoms with Gasteiger partial charge in [-0.25, -0.2) is 8.42 Å². The molecule has 1 aliphatic heterocycles. The summed E-state index contributed by atoms with van der Waals surface area (Å²) in [6.07, 6.45) is 4.58. The second-order valence-electron chi connectivity index (χ2n) is 9.79. The average Bonchev–Trinajstić information content (AvgIpc) is 2.92. The van der Waals surface area contributed by atoms with E-state index in [2.05, 4.69) is 6.07 Å². The van der Waals surface area contributed by atoms with Crippen LogP contribution in [-0.4, -0.2) is 40.9 Å². The van der Waals surface area contributed by atoms with E-state index in [9.17, 15) is 8.42 Å². The van der Waals surface area contributed by atoms with Gasteiger partial charge >= 0.3 is 0 Å². The van der Waals surface area contributed by atoms with Crippen molar-refractivity contribution in [2.45, 2.75) is 56.4 Å². The molecule has 3 aromatic carbocycles. The van der Waals surface area contributed by atoms with Crippen LogP contribution in [0.25, 0.3) is 0 Å². The molecule has 1 heterocycles. The lowest BCUT2D eigenvalue weighted by atomic mass is 9.75. The third-order valence-electron chi connectivity index (χ3n) is 7.50. The first-order chi connectivity index (χ1) is 17.8. The Bertz CT molecular complexity index is 1410. The average molecular weight is 519 g/mol. The van der Waals surface area contributed by atoms with Gasteiger partial charge < -0.3 is 9.47 Å². The van der Waals surface area contributed by atoms with Crippen LogP contribution >= 0.6 is 0 Å². The van der Waals surface area contributed by atoms with Gasteiger partial charge in [-0.2, -0.15) is 0 Å². The van der Waals surface area contributed by atoms with Crippen molar-refractivity contribution in [3.05, 3.63) is 82.9 Å². The number of nitrogens with zero attached hydrogens (tertiary/aromatic N) is 2. The highest BCUT2D eigenvalue weighted by Crippen LogP contribution is 2.45. The Labute approximate surface area is 220 Å². The zero-order chi connectivity index (χ0) is 26.2. The molecule has 3 aromatic rings. The first-order valence-electron chi connectivity index (χ1n) is 12.9. The van der Waals surface area contributed by atoms with Crippen molar-refractivity contribution < 1.29 is 17.9 Å². The highest BCUT2D eigenvalue weighted by molar-refractivity contribution is 7.92. The summed E-state index contributed by atoms with van der Waals surface area (Å²) in [5.74, 6) is 1.85. The molecule has 0 saturated heterocycles. The van der Waals surface area contributed by atoms with Crippen molar-refractivity contribution in [1.29, 1.82) is 0 Å². The van der Waals surface area contributed by atoms with Gasteiger partial charge in [0.05, 0.1) is 36.1 Å². The van der Waals surface area contributed by atoms with Crippen LogP contribution in [-0.2, 0) is 10.0 Å². The van der Waals surface area contributed by atoms with Gasteiger partial charge in [0.1, 0.15) is 0 Å². The van der Waals surface area contributed by atoms with E-state index in [1.807, 2.05) is 56.3 Å². The maximum atomic E-state index is 13.2. The predicted molar refractivity (Wildman–Crippen MR) is 148 cm³/mol. The number of aryl methyl sites for hydroxylation is 1. The van der Waals surface area contributed by atoms with Crippen molar-refractivity contribution in [2.75, 3.05) is 25.1 Å². The summed E-state index contributed by atoms with van der Waals surface area (Å²) in [6, 6.07) is 19.0. The van der Waals surface area contributed by atoms with Gasteiger partial charge in [0.2, 0.25) is 0 Å². The van der Waals surface area contributed by atoms with Gasteiger partial charge in [-0.05, 0) is 68.7 Å². The standard InChI is InChI=1S/C30H34N2O4S/c1-5-36-29-18-25-24-8-6-7-9-27(24)31-30(26(25)19-28(29)35-4)21-12-14-22(15-13-21)32(3)37(33,34)23-16-10-20(2)11-17-23/h10-19,24,27H,5-9H2,1-4H3/t24-,27-/m1/s1. The molecule has 0 spiro atoms. The molecule has 0 radical (unpaired) electrons. The number of rotatable bonds is 7. The number of methoxy groups -OCH3 is 1. The van der Waals surface area contributed by atoms with Gasteiger partial charge in [-0.1, -0.05) is 42.7 Å². The van der Waals surface area contributed by atoms with E-state index in [4.69, 9.17) is 14.5 Å². The minimum absolute atomic E-state index is 0.239. The second kappa shape index (κ2) is 10.2. The van der Waals surface area contributed by atoms with E-state index < -0.39 is 10.0 Å². The van der Waals surface area contributed by atoms with Gasteiger partial charge in [-0.15, -0.1) is 0 Å². The van der Waals surface area contributed by atoms with E-state index in [0.717, 1.165) is 41.0 Å². The third-order valence-corrected chi connectivity index (χ3v) is 9.30. The van der Waals surface area contributed by atoms with Crippen LogP contribution in [0.4, 0.5) is 5.69 Å². The van der Waals surface area contributed by atoms with E-state index in [0.29, 0.717) is 24.0 Å². The van der Waals surface area contributed by atoms with Crippen LogP contribution in [0, 0.1) is 6.92 Å². The topological polar surface area (TPSA) is 68.2 Å². The molecule has 2 aliphatic rings. The molecule has 1 aliphatic carbocycles. The molecule has 1 saturated carbocycles. The maximum Gasteiger partial charge on any atom is 0.264 e. The van der Waals surface area contributed by atoms with Crippen LogP contribution in [0.15, 0.2) is 70.6 Å². The van der Waals surface area contributed by atoms with Crippen molar-refractivity contribution in [3.63, 3.8) is 0 Å². The first kappa shape index (κ1) is 25.3. The van der Waals surface area contributed by atoms with Crippen molar-refractivity contribution in [2.24, 2.45) is 4.99 Å². The molecule has 0 bridgehead atoms. The normalized spacial score (nSPS) is 18.9. The maximum absolute atomic E-state index is 13.2. The van der Waals surface area contributed by atoms with Crippen LogP contribution in [0.2, 0.25) is 0 Å². The molecule has 0 N–H and O–H groups in total. The lowest BCUT2D eigenvalue weighted by Crippen LogP contribution is -2.30. The number of hydrogen-bond acceptors (Lipinski definition) is 5. The summed E-state index contributed by atoms with van der Waals surface area (Å²) in [7, 11) is -0.411. The molecule has 5 rings (SSSR count). The van der Waals surface area contributed by atoms with E-state index in [1.165, 1.54) is 22.7 Å². The molecule has 0 unspecified atom stereocenters. The Balaban J connectivity index is 1.52. The van der Waals surface area contributed by atoms with Gasteiger partial charge in [-0.3, -0.25) is 9.30 Å². The molecule has 37 heavy (non-hydrogen) atoms. The molecular formula is C30H34N2O4S. The van der Waals surface area contributed by atoms with E-state index >= 15 is 0 Å². The fourth-order valence-electron chi connectivity index (χ4n) is 5.45. The predicted octanol–water partition coefficient (Wildman–Crippen LogP) is 6.10. The summed E-state index contributed by atoms with van der Waals surface area (Å²) >= 11 is 0. The number of aliphatic imine (C=N–C) groups is 1. The fraction of sp³-hybridized carbons (Fsp3) is 0.367. The minimum atomic E-state index is -3.66. The first-order valence-corrected chi connectivity index (χ1v) is 14.4. The summed E-state index contributed by atoms with van der Waals surface area (Å²) in [5.41, 5.74) is 5.83. The molecule has 1 fully saturated rings. The van der Waals surface area contributed by atoms with Gasteiger partial charge in [0.15, 0.2) is 11.5 Å². The number of sulfonamides is 1. The lowest BCUT2D eigenvalue weighted by molar-refractivity contribution is 0.308. The quantitative estimate of drug-likeness (QED) is 0.379. The van der Waals surface area contributed by atoms with Crippen molar-refractivity contribution in [3.8, 4) is 11.5 Å². The van der Waals surface area contributed by atoms with Crippen LogP contribution in [0.5, 0.6) is 11.5 Å². The molecular weight excluding hydrogens is 484 g/mol. The number of benzene rings is 3. The summed E-state index contributed by atoms with van der Waals surface area (Å²) in [5, 5.41) is 0. The van der Waals surface area contributed by atoms with E-state index in [1.54, 1.807) is 26.3 Å². The molecule has 7 heteroatoms. The van der Waals surface area contributed by atoms with Crippen LogP contribution in [0.1, 0.15) is 60.8 Å². The molecule has 6 nitrogen and oxygen atoms in total. The Morgan fingerprint density at radius 1 is 0.973 bits per heavy atom. The molecule has 0 aromatic heterocycles. The number of fused-ring (bicyclic) bond motifs is 3. The number of ether oxygens (including phenoxy) is 2. The summed E-state index contributed by atoms with van der Waals surface area (Å²) < 4.78 is 39.3. The van der Waals surface area contributed by atoms with Gasteiger partial charge in [0, 0.05) is 24.1 Å². The minimum Gasteiger partial charge on any atom is -0.493 e. The molecule has 194 valence electrons. The Kier molecular flexibility index (Phi) is 6.99. The molecule has 0 amide bonds. The largest absolute Gasteiger partial charge is 0.493 e. The zero-order valence-corrected chi connectivity index (χ0v) is 22.7. The lowest BCUT2D eigenvalue weighted by Gasteiger charge is -2.36. The van der Waals surface area contributed by atoms with Crippen LogP contribution in [0.3, 0.4) is 0 Å². The smallest absolute Gasteiger partial charge is 0.264 e. The van der Waals surface area contributed by atoms with Gasteiger partial charge in [0.25, 0.3) is 10.0 Å². The fourth-order valence-corrected chi connectivity index (χ4v) is 6.64. The number of anilines is 1. The Hall–Kier alpha value is -3.32. The highest BCUT2D eigenvalue weighted by atomic mass is 32.2. The summed E-state index contributed by atoms with van der Waals surface area (Å²) in [6.45, 7) is 4.49. The number of hydrogen-bond donors (Lipinski definition) is 0. The monoisotopic (exact) mass is 518 g/mol. The SMILES string of the molecule is CCOc1cc2c(cc1OC)C(c1ccc(N(C)S(=O)(=O)c3ccc(C)cc3)cc1)=N[C@@H]1CCCC[C@H]21. The van der Waals surface area contributed by atoms with Crippen LogP contribution < -0.4 is 13.8 Å². The van der Waals surface area contributed by atoms with E-state index in [-0.39, 0.29) is 10.9 Å². The highest BCUT2D eigenvalue weighted by Gasteiger charge is 2.34. The second-order valence-corrected chi connectivity index (χ2v) is 11.8. The Morgan fingerprint density at radius 2 is 1.68 bits per heavy atom. The Morgan fingerprint density at radius 3 is 2.35 bits per heavy atom. The van der Waals surface area contributed by atoms with Crippen molar-refractivity contribution in [1.82, 2.24) is 0 Å². The van der Waals surface area contributed by atoms with Crippen molar-refractivity contribution >= 4 is 21.4 Å².